The molecule has 3 saturated heterocycles. The summed E-state index contributed by atoms with van der Waals surface area (Å²) in [7, 11) is 0. The van der Waals surface area contributed by atoms with Gasteiger partial charge in [-0.3, -0.25) is 0 Å². The standard InChI is InChI=1S/C11H17N3O8/c12-8-13-6(17)2-4-9(19,1-15)5-3(16)10(2,14-8)7(18)11(20,21-4)22-5/h2-7,15-20H,1H2,(H3,12,13,14)/t2-,3+,4+,5-,6+,7-,9-,10+,11-/m0/s1. The van der Waals surface area contributed by atoms with Crippen LogP contribution >= 0.6 is 0 Å². The number of nitrogens with zero attached hydrogens (tertiary/aromatic N) is 1. The molecule has 0 amide bonds. The number of rotatable bonds is 1. The molecular weight excluding hydrogens is 302 g/mol. The molecule has 0 aromatic heterocycles. The Kier molecular flexibility index (Phi) is 2.57. The average Bonchev–Trinajstić information content (AvgIpc) is 2.45. The van der Waals surface area contributed by atoms with E-state index in [2.05, 4.69) is 10.3 Å². The lowest BCUT2D eigenvalue weighted by atomic mass is 9.55. The molecule has 1 spiro atoms. The number of aliphatic hydroxyl groups excluding tert-OH is 4. The highest BCUT2D eigenvalue weighted by Gasteiger charge is 2.82. The van der Waals surface area contributed by atoms with E-state index in [-0.39, 0.29) is 5.96 Å². The third-order valence-electron chi connectivity index (χ3n) is 5.22. The van der Waals surface area contributed by atoms with Crippen molar-refractivity contribution in [2.75, 3.05) is 6.61 Å². The predicted octanol–water partition coefficient (Wildman–Crippen LogP) is -5.52. The molecule has 11 heteroatoms. The van der Waals surface area contributed by atoms with Gasteiger partial charge in [-0.25, -0.2) is 4.99 Å². The summed E-state index contributed by atoms with van der Waals surface area (Å²) < 4.78 is 10.3. The van der Waals surface area contributed by atoms with Crippen LogP contribution in [0, 0.1) is 5.92 Å². The maximum Gasteiger partial charge on any atom is 0.311 e. The third kappa shape index (κ3) is 1.28. The highest BCUT2D eigenvalue weighted by molar-refractivity contribution is 5.80. The van der Waals surface area contributed by atoms with Crippen molar-refractivity contribution in [2.45, 2.75) is 47.8 Å². The van der Waals surface area contributed by atoms with Crippen molar-refractivity contribution in [3.8, 4) is 0 Å². The maximum atomic E-state index is 10.6. The smallest absolute Gasteiger partial charge is 0.311 e. The lowest BCUT2D eigenvalue weighted by molar-refractivity contribution is -0.548. The largest absolute Gasteiger partial charge is 0.393 e. The number of aliphatic imine (C=N–C) groups is 1. The monoisotopic (exact) mass is 319 g/mol. The van der Waals surface area contributed by atoms with Gasteiger partial charge >= 0.3 is 5.97 Å². The number of aliphatic hydroxyl groups is 6. The summed E-state index contributed by atoms with van der Waals surface area (Å²) in [6, 6.07) is 0. The van der Waals surface area contributed by atoms with E-state index in [1.54, 1.807) is 0 Å². The molecule has 1 saturated carbocycles. The van der Waals surface area contributed by atoms with Crippen molar-refractivity contribution in [1.82, 2.24) is 5.32 Å². The zero-order valence-electron chi connectivity index (χ0n) is 11.2. The van der Waals surface area contributed by atoms with E-state index >= 15 is 0 Å². The van der Waals surface area contributed by atoms with E-state index in [9.17, 15) is 30.6 Å². The highest BCUT2D eigenvalue weighted by Crippen LogP contribution is 2.58. The van der Waals surface area contributed by atoms with Crippen LogP contribution in [-0.2, 0) is 9.47 Å². The van der Waals surface area contributed by atoms with Gasteiger partial charge in [0.2, 0.25) is 0 Å². The van der Waals surface area contributed by atoms with Crippen LogP contribution in [0.2, 0.25) is 0 Å². The van der Waals surface area contributed by atoms with Crippen LogP contribution in [0.15, 0.2) is 4.99 Å². The molecule has 5 aliphatic rings. The zero-order chi connectivity index (χ0) is 16.1. The SMILES string of the molecule is NC1=N[C@H](O)[C@@H]2[C@H]3O[C@]4(O)O[C@@H]([C@@H](O)[C@@]2(N1)[C@@H]4O)[C@]3(O)CO. The van der Waals surface area contributed by atoms with E-state index in [0.29, 0.717) is 0 Å². The first-order valence-corrected chi connectivity index (χ1v) is 6.77. The molecule has 9 N–H and O–H groups in total. The normalized spacial score (nSPS) is 62.4. The van der Waals surface area contributed by atoms with Crippen LogP contribution in [0.4, 0.5) is 0 Å². The summed E-state index contributed by atoms with van der Waals surface area (Å²) in [6.07, 6.45) is -7.77. The molecule has 11 nitrogen and oxygen atoms in total. The Labute approximate surface area is 123 Å². The molecule has 4 heterocycles. The highest BCUT2D eigenvalue weighted by atomic mass is 16.9. The fourth-order valence-corrected chi connectivity index (χ4v) is 4.24. The Morgan fingerprint density at radius 2 is 1.82 bits per heavy atom. The van der Waals surface area contributed by atoms with E-state index in [1.807, 2.05) is 0 Å². The second kappa shape index (κ2) is 3.88. The Balaban J connectivity index is 1.95. The van der Waals surface area contributed by atoms with Gasteiger partial charge in [0.15, 0.2) is 18.3 Å². The summed E-state index contributed by atoms with van der Waals surface area (Å²) in [5, 5.41) is 64.3. The first kappa shape index (κ1) is 14.5. The van der Waals surface area contributed by atoms with Crippen molar-refractivity contribution in [3.05, 3.63) is 0 Å². The van der Waals surface area contributed by atoms with Gasteiger partial charge in [0.25, 0.3) is 0 Å². The molecule has 5 rings (SSSR count). The van der Waals surface area contributed by atoms with E-state index in [0.717, 1.165) is 0 Å². The molecule has 4 aliphatic heterocycles. The lowest BCUT2D eigenvalue weighted by Gasteiger charge is -2.71. The summed E-state index contributed by atoms with van der Waals surface area (Å²) >= 11 is 0. The molecule has 0 unspecified atom stereocenters. The second-order valence-electron chi connectivity index (χ2n) is 6.22. The molecule has 4 bridgehead atoms. The van der Waals surface area contributed by atoms with Gasteiger partial charge in [0.1, 0.15) is 29.5 Å². The topological polar surface area (TPSA) is 190 Å². The Bertz CT molecular complexity index is 561. The second-order valence-corrected chi connectivity index (χ2v) is 6.22. The minimum atomic E-state index is -2.52. The summed E-state index contributed by atoms with van der Waals surface area (Å²) in [4.78, 5) is 3.70. The van der Waals surface area contributed by atoms with Gasteiger partial charge in [-0.05, 0) is 0 Å². The number of hydrogen-bond acceptors (Lipinski definition) is 11. The van der Waals surface area contributed by atoms with Crippen molar-refractivity contribution >= 4 is 5.96 Å². The maximum absolute atomic E-state index is 10.6. The van der Waals surface area contributed by atoms with E-state index in [4.69, 9.17) is 15.2 Å². The molecule has 0 aromatic rings. The van der Waals surface area contributed by atoms with Crippen LogP contribution < -0.4 is 11.1 Å². The molecule has 9 atom stereocenters. The number of nitrogens with two attached hydrogens (primary N) is 1. The minimum absolute atomic E-state index is 0.250. The van der Waals surface area contributed by atoms with Crippen LogP contribution in [0.3, 0.4) is 0 Å². The van der Waals surface area contributed by atoms with Gasteiger partial charge in [-0.2, -0.15) is 0 Å². The number of hydrogen-bond donors (Lipinski definition) is 8. The van der Waals surface area contributed by atoms with Crippen molar-refractivity contribution < 1.29 is 40.1 Å². The Morgan fingerprint density at radius 3 is 2.45 bits per heavy atom. The molecule has 1 aliphatic carbocycles. The molecule has 0 radical (unpaired) electrons. The molecular formula is C11H17N3O8. The van der Waals surface area contributed by atoms with Crippen LogP contribution in [0.25, 0.3) is 0 Å². The van der Waals surface area contributed by atoms with Crippen molar-refractivity contribution in [3.63, 3.8) is 0 Å². The van der Waals surface area contributed by atoms with Gasteiger partial charge in [-0.15, -0.1) is 0 Å². The summed E-state index contributed by atoms with van der Waals surface area (Å²) in [6.45, 7) is -0.857. The van der Waals surface area contributed by atoms with Crippen molar-refractivity contribution in [2.24, 2.45) is 16.6 Å². The van der Waals surface area contributed by atoms with Crippen molar-refractivity contribution in [1.29, 1.82) is 0 Å². The molecule has 4 fully saturated rings. The number of guanidine groups is 1. The lowest BCUT2D eigenvalue weighted by Crippen LogP contribution is -2.95. The van der Waals surface area contributed by atoms with Gasteiger partial charge in [0, 0.05) is 0 Å². The first-order chi connectivity index (χ1) is 10.2. The fraction of sp³-hybridized carbons (Fsp3) is 0.909. The Morgan fingerprint density at radius 1 is 1.18 bits per heavy atom. The quantitative estimate of drug-likeness (QED) is 0.231. The third-order valence-corrected chi connectivity index (χ3v) is 5.22. The number of ether oxygens (including phenoxy) is 2. The first-order valence-electron chi connectivity index (χ1n) is 6.77. The van der Waals surface area contributed by atoms with E-state index in [1.165, 1.54) is 0 Å². The van der Waals surface area contributed by atoms with E-state index < -0.39 is 60.3 Å². The summed E-state index contributed by atoms with van der Waals surface area (Å²) in [5.74, 6) is -3.95. The predicted molar refractivity (Wildman–Crippen MR) is 65.7 cm³/mol. The molecule has 124 valence electrons. The summed E-state index contributed by atoms with van der Waals surface area (Å²) in [5.41, 5.74) is 1.74. The van der Waals surface area contributed by atoms with Crippen LogP contribution in [0.5, 0.6) is 0 Å². The fourth-order valence-electron chi connectivity index (χ4n) is 4.24. The average molecular weight is 319 g/mol. The van der Waals surface area contributed by atoms with Crippen LogP contribution in [-0.4, -0.2) is 91.0 Å². The van der Waals surface area contributed by atoms with Gasteiger partial charge in [0.05, 0.1) is 12.5 Å². The molecule has 0 aromatic carbocycles. The van der Waals surface area contributed by atoms with Gasteiger partial charge in [-0.1, -0.05) is 0 Å². The van der Waals surface area contributed by atoms with Crippen LogP contribution in [0.1, 0.15) is 0 Å². The Hall–Kier alpha value is -1.05. The minimum Gasteiger partial charge on any atom is -0.393 e. The van der Waals surface area contributed by atoms with Gasteiger partial charge < -0.3 is 51.2 Å². The molecule has 22 heavy (non-hydrogen) atoms. The number of nitrogens with one attached hydrogen (secondary N) is 1. The zero-order valence-corrected chi connectivity index (χ0v) is 11.2.